The van der Waals surface area contributed by atoms with Crippen molar-refractivity contribution in [2.45, 2.75) is 19.3 Å². The predicted octanol–water partition coefficient (Wildman–Crippen LogP) is 2.56. The predicted molar refractivity (Wildman–Crippen MR) is 56.8 cm³/mol. The molecular weight excluding hydrogens is 195 g/mol. The molecule has 1 rings (SSSR count). The zero-order chi connectivity index (χ0) is 11.6. The molecule has 3 nitrogen and oxygen atoms in total. The Labute approximate surface area is 88.3 Å². The maximum atomic E-state index is 13.2. The van der Waals surface area contributed by atoms with Crippen molar-refractivity contribution < 1.29 is 4.39 Å². The highest BCUT2D eigenvalue weighted by Gasteiger charge is 2.20. The number of hydroxylamine groups is 1. The monoisotopic (exact) mass is 207 g/mol. The summed E-state index contributed by atoms with van der Waals surface area (Å²) in [6, 6.07) is 6.23. The zero-order valence-corrected chi connectivity index (χ0v) is 8.91. The summed E-state index contributed by atoms with van der Waals surface area (Å²) >= 11 is 0. The first-order chi connectivity index (χ1) is 6.88. The lowest BCUT2D eigenvalue weighted by Gasteiger charge is -2.27. The van der Waals surface area contributed by atoms with Gasteiger partial charge >= 0.3 is 0 Å². The average Bonchev–Trinajstić information content (AvgIpc) is 2.17. The Kier molecular flexibility index (Phi) is 2.96. The van der Waals surface area contributed by atoms with Gasteiger partial charge in [0, 0.05) is 0 Å². The number of hydrogen-bond acceptors (Lipinski definition) is 3. The summed E-state index contributed by atoms with van der Waals surface area (Å²) in [6.07, 6.45) is 0. The highest BCUT2D eigenvalue weighted by molar-refractivity contribution is 5.52. The number of halogens is 1. The van der Waals surface area contributed by atoms with Gasteiger partial charge < -0.3 is 10.3 Å². The third-order valence-corrected chi connectivity index (χ3v) is 2.29. The van der Waals surface area contributed by atoms with Gasteiger partial charge in [0.15, 0.2) is 0 Å². The molecule has 0 heterocycles. The molecular formula is C11H12FN2O-. The van der Waals surface area contributed by atoms with Crippen molar-refractivity contribution >= 4 is 5.69 Å². The molecule has 4 heteroatoms. The average molecular weight is 207 g/mol. The molecule has 0 radical (unpaired) electrons. The van der Waals surface area contributed by atoms with Gasteiger partial charge in [-0.25, -0.2) is 4.39 Å². The second-order valence-corrected chi connectivity index (χ2v) is 3.90. The topological polar surface area (TPSA) is 50.1 Å². The minimum absolute atomic E-state index is 0.0455. The maximum Gasteiger partial charge on any atom is 0.145 e. The lowest BCUT2D eigenvalue weighted by atomic mass is 9.86. The lowest BCUT2D eigenvalue weighted by molar-refractivity contribution is 0.621. The molecule has 0 unspecified atom stereocenters. The summed E-state index contributed by atoms with van der Waals surface area (Å²) in [5.74, 6) is -0.579. The first-order valence-corrected chi connectivity index (χ1v) is 4.50. The van der Waals surface area contributed by atoms with E-state index in [9.17, 15) is 9.60 Å². The molecule has 0 amide bonds. The molecule has 0 spiro atoms. The first-order valence-electron chi connectivity index (χ1n) is 4.50. The van der Waals surface area contributed by atoms with Gasteiger partial charge in [0.1, 0.15) is 5.82 Å². The van der Waals surface area contributed by atoms with Gasteiger partial charge in [0.2, 0.25) is 0 Å². The highest BCUT2D eigenvalue weighted by atomic mass is 19.1. The van der Waals surface area contributed by atoms with Crippen molar-refractivity contribution in [1.82, 2.24) is 0 Å². The number of nitrogens with zero attached hydrogens (tertiary/aromatic N) is 2. The normalized spacial score (nSPS) is 10.9. The second-order valence-electron chi connectivity index (χ2n) is 3.90. The maximum absolute atomic E-state index is 13.2. The van der Waals surface area contributed by atoms with E-state index in [-0.39, 0.29) is 5.69 Å². The van der Waals surface area contributed by atoms with Crippen LogP contribution in [-0.2, 0) is 5.41 Å². The Morgan fingerprint density at radius 1 is 1.47 bits per heavy atom. The van der Waals surface area contributed by atoms with Gasteiger partial charge in [-0.2, -0.15) is 5.26 Å². The number of rotatable bonds is 2. The van der Waals surface area contributed by atoms with Crippen LogP contribution < -0.4 is 5.06 Å². The number of hydrogen-bond donors (Lipinski definition) is 0. The molecule has 0 aromatic heterocycles. The Balaban J connectivity index is 3.26. The largest absolute Gasteiger partial charge is 0.758 e. The summed E-state index contributed by atoms with van der Waals surface area (Å²) in [5, 5.41) is 20.4. The third-order valence-electron chi connectivity index (χ3n) is 2.29. The Hall–Kier alpha value is -1.60. The summed E-state index contributed by atoms with van der Waals surface area (Å²) in [6.45, 7) is 3.43. The van der Waals surface area contributed by atoms with E-state index >= 15 is 0 Å². The molecule has 0 atom stereocenters. The molecule has 0 aliphatic rings. The van der Waals surface area contributed by atoms with Crippen LogP contribution in [0.2, 0.25) is 0 Å². The van der Waals surface area contributed by atoms with Gasteiger partial charge in [-0.05, 0) is 38.6 Å². The molecule has 0 saturated carbocycles. The lowest BCUT2D eigenvalue weighted by Crippen LogP contribution is -2.16. The van der Waals surface area contributed by atoms with Crippen molar-refractivity contribution in [3.63, 3.8) is 0 Å². The quantitative estimate of drug-likeness (QED) is 0.700. The fraction of sp³-hybridized carbons (Fsp3) is 0.364. The fourth-order valence-electron chi connectivity index (χ4n) is 1.21. The molecule has 1 aromatic rings. The van der Waals surface area contributed by atoms with Crippen molar-refractivity contribution in [3.05, 3.63) is 34.8 Å². The Morgan fingerprint density at radius 3 is 2.53 bits per heavy atom. The number of benzene rings is 1. The molecule has 0 saturated heterocycles. The van der Waals surface area contributed by atoms with Gasteiger partial charge in [-0.3, -0.25) is 0 Å². The van der Waals surface area contributed by atoms with Crippen LogP contribution >= 0.6 is 0 Å². The van der Waals surface area contributed by atoms with Crippen LogP contribution in [0.25, 0.3) is 0 Å². The summed E-state index contributed by atoms with van der Waals surface area (Å²) in [5.41, 5.74) is -0.140. The molecule has 0 fully saturated rings. The van der Waals surface area contributed by atoms with Crippen LogP contribution in [0.4, 0.5) is 10.1 Å². The summed E-state index contributed by atoms with van der Waals surface area (Å²) in [7, 11) is 1.22. The fourth-order valence-corrected chi connectivity index (χ4v) is 1.21. The third kappa shape index (κ3) is 2.25. The first kappa shape index (κ1) is 11.5. The van der Waals surface area contributed by atoms with E-state index in [0.717, 1.165) is 0 Å². The van der Waals surface area contributed by atoms with Crippen molar-refractivity contribution in [3.8, 4) is 6.07 Å². The summed E-state index contributed by atoms with van der Waals surface area (Å²) in [4.78, 5) is 0. The smallest absolute Gasteiger partial charge is 0.145 e. The van der Waals surface area contributed by atoms with Crippen molar-refractivity contribution in [2.24, 2.45) is 0 Å². The van der Waals surface area contributed by atoms with E-state index in [2.05, 4.69) is 6.07 Å². The van der Waals surface area contributed by atoms with E-state index in [1.54, 1.807) is 13.8 Å². The van der Waals surface area contributed by atoms with Crippen LogP contribution in [0.3, 0.4) is 0 Å². The molecule has 1 aromatic carbocycles. The van der Waals surface area contributed by atoms with Crippen LogP contribution in [0.1, 0.15) is 19.4 Å². The van der Waals surface area contributed by atoms with E-state index in [1.165, 1.54) is 25.2 Å². The Morgan fingerprint density at radius 2 is 2.07 bits per heavy atom. The number of anilines is 1. The molecule has 0 N–H and O–H groups in total. The van der Waals surface area contributed by atoms with Crippen molar-refractivity contribution in [1.29, 1.82) is 5.26 Å². The number of nitriles is 1. The van der Waals surface area contributed by atoms with Gasteiger partial charge in [-0.15, -0.1) is 0 Å². The second kappa shape index (κ2) is 3.87. The molecule has 15 heavy (non-hydrogen) atoms. The molecule has 80 valence electrons. The van der Waals surface area contributed by atoms with E-state index in [0.29, 0.717) is 10.6 Å². The SMILES string of the molecule is CN([O-])c1cc(C(C)(C)C#N)ccc1F. The highest BCUT2D eigenvalue weighted by Crippen LogP contribution is 2.27. The van der Waals surface area contributed by atoms with Gasteiger partial charge in [0.05, 0.1) is 17.2 Å². The van der Waals surface area contributed by atoms with Crippen LogP contribution in [-0.4, -0.2) is 7.05 Å². The zero-order valence-electron chi connectivity index (χ0n) is 8.91. The standard InChI is InChI=1S/C11H12FN2O/c1-11(2,7-13)8-4-5-9(12)10(6-8)14(3)15/h4-6H,1-3H3/q-1. The van der Waals surface area contributed by atoms with Crippen LogP contribution in [0.15, 0.2) is 18.2 Å². The molecule has 0 aliphatic heterocycles. The molecule has 0 bridgehead atoms. The van der Waals surface area contributed by atoms with Crippen LogP contribution in [0, 0.1) is 22.4 Å². The van der Waals surface area contributed by atoms with E-state index < -0.39 is 11.2 Å². The van der Waals surface area contributed by atoms with Gasteiger partial charge in [-0.1, -0.05) is 6.07 Å². The van der Waals surface area contributed by atoms with Crippen LogP contribution in [0.5, 0.6) is 0 Å². The van der Waals surface area contributed by atoms with Crippen molar-refractivity contribution in [2.75, 3.05) is 12.1 Å². The molecule has 0 aliphatic carbocycles. The minimum atomic E-state index is -0.724. The Bertz CT molecular complexity index is 408. The van der Waals surface area contributed by atoms with E-state index in [1.807, 2.05) is 0 Å². The van der Waals surface area contributed by atoms with Gasteiger partial charge in [0.25, 0.3) is 0 Å². The minimum Gasteiger partial charge on any atom is -0.758 e. The van der Waals surface area contributed by atoms with E-state index in [4.69, 9.17) is 5.26 Å². The summed E-state index contributed by atoms with van der Waals surface area (Å²) < 4.78 is 13.2.